The molecular formula is C16H24N2O. The third kappa shape index (κ3) is 4.06. The molecule has 1 aromatic carbocycles. The number of carbonyl (C=O) groups excluding carboxylic acids is 1. The van der Waals surface area contributed by atoms with E-state index in [1.54, 1.807) is 0 Å². The number of carbonyl (C=O) groups is 1. The first kappa shape index (κ1) is 14.1. The molecule has 2 rings (SSSR count). The summed E-state index contributed by atoms with van der Waals surface area (Å²) in [5.41, 5.74) is 1.25. The second kappa shape index (κ2) is 6.71. The molecule has 1 heterocycles. The summed E-state index contributed by atoms with van der Waals surface area (Å²) < 4.78 is 0. The van der Waals surface area contributed by atoms with Crippen LogP contribution in [0.25, 0.3) is 0 Å². The Bertz CT molecular complexity index is 394. The van der Waals surface area contributed by atoms with Gasteiger partial charge in [0.25, 0.3) is 0 Å². The summed E-state index contributed by atoms with van der Waals surface area (Å²) in [6, 6.07) is 10.8. The Morgan fingerprint density at radius 1 is 1.11 bits per heavy atom. The molecule has 1 aliphatic rings. The first-order valence-corrected chi connectivity index (χ1v) is 7.22. The van der Waals surface area contributed by atoms with Gasteiger partial charge in [-0.2, -0.15) is 0 Å². The average molecular weight is 260 g/mol. The summed E-state index contributed by atoms with van der Waals surface area (Å²) in [6.45, 7) is 8.21. The molecule has 104 valence electrons. The lowest BCUT2D eigenvalue weighted by Gasteiger charge is -2.37. The van der Waals surface area contributed by atoms with E-state index in [2.05, 4.69) is 30.9 Å². The number of aryl methyl sites for hydroxylation is 1. The van der Waals surface area contributed by atoms with E-state index in [0.717, 1.165) is 32.6 Å². The highest BCUT2D eigenvalue weighted by Crippen LogP contribution is 2.09. The minimum Gasteiger partial charge on any atom is -0.340 e. The normalized spacial score (nSPS) is 16.9. The molecule has 0 radical (unpaired) electrons. The Balaban J connectivity index is 1.76. The summed E-state index contributed by atoms with van der Waals surface area (Å²) >= 11 is 0. The van der Waals surface area contributed by atoms with Crippen molar-refractivity contribution >= 4 is 5.91 Å². The van der Waals surface area contributed by atoms with Crippen molar-refractivity contribution < 1.29 is 4.79 Å². The van der Waals surface area contributed by atoms with Crippen LogP contribution in [0.2, 0.25) is 0 Å². The van der Waals surface area contributed by atoms with Crippen molar-refractivity contribution in [2.75, 3.05) is 26.2 Å². The van der Waals surface area contributed by atoms with Gasteiger partial charge in [0.1, 0.15) is 0 Å². The maximum Gasteiger partial charge on any atom is 0.222 e. The molecule has 0 unspecified atom stereocenters. The summed E-state index contributed by atoms with van der Waals surface area (Å²) in [5.74, 6) is 0.298. The maximum absolute atomic E-state index is 12.2. The number of hydrogen-bond donors (Lipinski definition) is 0. The molecule has 0 atom stereocenters. The fraction of sp³-hybridized carbons (Fsp3) is 0.562. The van der Waals surface area contributed by atoms with Crippen LogP contribution in [0.1, 0.15) is 25.8 Å². The van der Waals surface area contributed by atoms with Crippen LogP contribution in [-0.4, -0.2) is 47.9 Å². The predicted octanol–water partition coefficient (Wildman–Crippen LogP) is 2.17. The first-order chi connectivity index (χ1) is 9.16. The fourth-order valence-electron chi connectivity index (χ4n) is 2.54. The molecule has 0 spiro atoms. The molecule has 0 saturated carbocycles. The minimum absolute atomic E-state index is 0.298. The topological polar surface area (TPSA) is 23.6 Å². The van der Waals surface area contributed by atoms with Gasteiger partial charge in [-0.25, -0.2) is 0 Å². The Hall–Kier alpha value is -1.35. The number of benzene rings is 1. The van der Waals surface area contributed by atoms with E-state index in [1.165, 1.54) is 5.56 Å². The van der Waals surface area contributed by atoms with E-state index in [4.69, 9.17) is 0 Å². The number of amides is 1. The van der Waals surface area contributed by atoms with Crippen LogP contribution < -0.4 is 0 Å². The summed E-state index contributed by atoms with van der Waals surface area (Å²) in [5, 5.41) is 0. The SMILES string of the molecule is CC(C)N1CCN(C(=O)CCc2ccccc2)CC1. The molecule has 19 heavy (non-hydrogen) atoms. The Kier molecular flexibility index (Phi) is 4.97. The second-order valence-corrected chi connectivity index (χ2v) is 5.50. The molecule has 1 saturated heterocycles. The summed E-state index contributed by atoms with van der Waals surface area (Å²) in [7, 11) is 0. The van der Waals surface area contributed by atoms with Crippen LogP contribution in [0, 0.1) is 0 Å². The maximum atomic E-state index is 12.2. The van der Waals surface area contributed by atoms with Crippen molar-refractivity contribution in [3.8, 4) is 0 Å². The van der Waals surface area contributed by atoms with Gasteiger partial charge in [-0.05, 0) is 25.8 Å². The summed E-state index contributed by atoms with van der Waals surface area (Å²) in [4.78, 5) is 16.6. The molecule has 0 aromatic heterocycles. The van der Waals surface area contributed by atoms with E-state index in [0.29, 0.717) is 18.4 Å². The lowest BCUT2D eigenvalue weighted by molar-refractivity contribution is -0.133. The average Bonchev–Trinajstić information content (AvgIpc) is 2.46. The number of nitrogens with zero attached hydrogens (tertiary/aromatic N) is 2. The molecule has 1 amide bonds. The standard InChI is InChI=1S/C16H24N2O/c1-14(2)17-10-12-18(13-11-17)16(19)9-8-15-6-4-3-5-7-15/h3-7,14H,8-13H2,1-2H3. The van der Waals surface area contributed by atoms with Gasteiger partial charge >= 0.3 is 0 Å². The lowest BCUT2D eigenvalue weighted by Crippen LogP contribution is -2.50. The monoisotopic (exact) mass is 260 g/mol. The smallest absolute Gasteiger partial charge is 0.222 e. The quantitative estimate of drug-likeness (QED) is 0.828. The van der Waals surface area contributed by atoms with Gasteiger partial charge in [-0.1, -0.05) is 30.3 Å². The van der Waals surface area contributed by atoms with E-state index in [1.807, 2.05) is 23.1 Å². The largest absolute Gasteiger partial charge is 0.340 e. The van der Waals surface area contributed by atoms with Crippen molar-refractivity contribution in [1.82, 2.24) is 9.80 Å². The molecule has 3 heteroatoms. The van der Waals surface area contributed by atoms with Crippen LogP contribution in [0.4, 0.5) is 0 Å². The lowest BCUT2D eigenvalue weighted by atomic mass is 10.1. The van der Waals surface area contributed by atoms with Crippen LogP contribution in [0.5, 0.6) is 0 Å². The first-order valence-electron chi connectivity index (χ1n) is 7.22. The zero-order valence-corrected chi connectivity index (χ0v) is 12.0. The number of piperazine rings is 1. The van der Waals surface area contributed by atoms with Gasteiger partial charge < -0.3 is 4.90 Å². The van der Waals surface area contributed by atoms with Crippen LogP contribution in [0.3, 0.4) is 0 Å². The predicted molar refractivity (Wildman–Crippen MR) is 78.1 cm³/mol. The van der Waals surface area contributed by atoms with Crippen LogP contribution in [0.15, 0.2) is 30.3 Å². The second-order valence-electron chi connectivity index (χ2n) is 5.50. The molecule has 3 nitrogen and oxygen atoms in total. The molecule has 1 aromatic rings. The van der Waals surface area contributed by atoms with Gasteiger partial charge in [0.2, 0.25) is 5.91 Å². The molecule has 1 aliphatic heterocycles. The zero-order chi connectivity index (χ0) is 13.7. The van der Waals surface area contributed by atoms with E-state index in [9.17, 15) is 4.79 Å². The highest BCUT2D eigenvalue weighted by Gasteiger charge is 2.21. The Morgan fingerprint density at radius 3 is 2.32 bits per heavy atom. The molecule has 0 bridgehead atoms. The van der Waals surface area contributed by atoms with Crippen molar-refractivity contribution in [2.45, 2.75) is 32.7 Å². The minimum atomic E-state index is 0.298. The van der Waals surface area contributed by atoms with Gasteiger partial charge in [0, 0.05) is 38.6 Å². The molecule has 0 N–H and O–H groups in total. The fourth-order valence-corrected chi connectivity index (χ4v) is 2.54. The van der Waals surface area contributed by atoms with Crippen molar-refractivity contribution in [3.63, 3.8) is 0 Å². The summed E-state index contributed by atoms with van der Waals surface area (Å²) in [6.07, 6.45) is 1.48. The van der Waals surface area contributed by atoms with E-state index in [-0.39, 0.29) is 0 Å². The highest BCUT2D eigenvalue weighted by molar-refractivity contribution is 5.76. The van der Waals surface area contributed by atoms with E-state index < -0.39 is 0 Å². The number of rotatable bonds is 4. The molecular weight excluding hydrogens is 236 g/mol. The molecule has 1 fully saturated rings. The van der Waals surface area contributed by atoms with Crippen LogP contribution in [-0.2, 0) is 11.2 Å². The number of hydrogen-bond acceptors (Lipinski definition) is 2. The van der Waals surface area contributed by atoms with Gasteiger partial charge in [-0.3, -0.25) is 9.69 Å². The van der Waals surface area contributed by atoms with Gasteiger partial charge in [-0.15, -0.1) is 0 Å². The van der Waals surface area contributed by atoms with E-state index >= 15 is 0 Å². The third-order valence-electron chi connectivity index (χ3n) is 3.87. The van der Waals surface area contributed by atoms with Gasteiger partial charge in [0.05, 0.1) is 0 Å². The van der Waals surface area contributed by atoms with Crippen molar-refractivity contribution in [2.24, 2.45) is 0 Å². The third-order valence-corrected chi connectivity index (χ3v) is 3.87. The Morgan fingerprint density at radius 2 is 1.74 bits per heavy atom. The highest BCUT2D eigenvalue weighted by atomic mass is 16.2. The Labute approximate surface area is 116 Å². The van der Waals surface area contributed by atoms with Crippen LogP contribution >= 0.6 is 0 Å². The van der Waals surface area contributed by atoms with Gasteiger partial charge in [0.15, 0.2) is 0 Å². The van der Waals surface area contributed by atoms with Crippen molar-refractivity contribution in [3.05, 3.63) is 35.9 Å². The molecule has 0 aliphatic carbocycles. The zero-order valence-electron chi connectivity index (χ0n) is 12.0. The van der Waals surface area contributed by atoms with Crippen molar-refractivity contribution in [1.29, 1.82) is 0 Å².